The molecule has 2 heterocycles. The second kappa shape index (κ2) is 8.84. The molecule has 1 saturated heterocycles. The van der Waals surface area contributed by atoms with E-state index in [0.717, 1.165) is 48.3 Å². The highest BCUT2D eigenvalue weighted by molar-refractivity contribution is 6.01. The Morgan fingerprint density at radius 1 is 1.06 bits per heavy atom. The number of likely N-dealkylation sites (tertiary alicyclic amines) is 1. The van der Waals surface area contributed by atoms with E-state index >= 15 is 0 Å². The molecule has 0 aliphatic carbocycles. The number of amides is 1. The minimum absolute atomic E-state index is 0.0316. The zero-order valence-corrected chi connectivity index (χ0v) is 18.6. The van der Waals surface area contributed by atoms with Crippen LogP contribution in [0.2, 0.25) is 0 Å². The average Bonchev–Trinajstić information content (AvgIpc) is 2.78. The molecule has 1 aliphatic heterocycles. The van der Waals surface area contributed by atoms with Crippen molar-refractivity contribution < 1.29 is 14.3 Å². The first-order chi connectivity index (χ1) is 15.0. The molecule has 0 bridgehead atoms. The summed E-state index contributed by atoms with van der Waals surface area (Å²) in [6.45, 7) is 5.83. The van der Waals surface area contributed by atoms with Crippen molar-refractivity contribution in [1.29, 1.82) is 0 Å². The maximum Gasteiger partial charge on any atom is 0.272 e. The molecular weight excluding hydrogens is 390 g/mol. The number of carbonyl (C=O) groups is 1. The molecule has 1 N–H and O–H groups in total. The number of rotatable bonds is 5. The lowest BCUT2D eigenvalue weighted by atomic mass is 9.99. The largest absolute Gasteiger partial charge is 0.493 e. The number of hydrogen-bond donors (Lipinski definition) is 1. The summed E-state index contributed by atoms with van der Waals surface area (Å²) < 4.78 is 11.0. The first-order valence-corrected chi connectivity index (χ1v) is 10.7. The third-order valence-corrected chi connectivity index (χ3v) is 5.90. The number of piperidine rings is 1. The summed E-state index contributed by atoms with van der Waals surface area (Å²) in [7, 11) is 3.21. The van der Waals surface area contributed by atoms with E-state index < -0.39 is 0 Å². The Hall–Kier alpha value is -3.28. The number of aryl methyl sites for hydroxylation is 1. The van der Waals surface area contributed by atoms with Gasteiger partial charge in [0.15, 0.2) is 11.5 Å². The summed E-state index contributed by atoms with van der Waals surface area (Å²) in [4.78, 5) is 19.9. The van der Waals surface area contributed by atoms with E-state index in [1.807, 2.05) is 35.2 Å². The van der Waals surface area contributed by atoms with Crippen molar-refractivity contribution in [1.82, 2.24) is 9.88 Å². The van der Waals surface area contributed by atoms with Crippen LogP contribution in [0.15, 0.2) is 42.5 Å². The number of aromatic nitrogens is 1. The Bertz CT molecular complexity index is 1100. The van der Waals surface area contributed by atoms with Crippen LogP contribution in [0.5, 0.6) is 11.5 Å². The van der Waals surface area contributed by atoms with E-state index in [-0.39, 0.29) is 5.91 Å². The minimum Gasteiger partial charge on any atom is -0.493 e. The second-order valence-electron chi connectivity index (χ2n) is 8.25. The monoisotopic (exact) mass is 419 g/mol. The maximum atomic E-state index is 13.3. The van der Waals surface area contributed by atoms with Crippen LogP contribution in [-0.4, -0.2) is 43.1 Å². The Morgan fingerprint density at radius 3 is 2.45 bits per heavy atom. The van der Waals surface area contributed by atoms with Gasteiger partial charge < -0.3 is 19.7 Å². The van der Waals surface area contributed by atoms with E-state index in [4.69, 9.17) is 14.5 Å². The van der Waals surface area contributed by atoms with Gasteiger partial charge in [0.2, 0.25) is 0 Å². The molecule has 1 aromatic heterocycles. The topological polar surface area (TPSA) is 63.7 Å². The van der Waals surface area contributed by atoms with E-state index in [2.05, 4.69) is 31.3 Å². The zero-order chi connectivity index (χ0) is 22.0. The van der Waals surface area contributed by atoms with E-state index in [1.54, 1.807) is 14.2 Å². The number of fused-ring (bicyclic) bond motifs is 1. The minimum atomic E-state index is -0.0316. The number of pyridine rings is 1. The molecule has 0 radical (unpaired) electrons. The van der Waals surface area contributed by atoms with Gasteiger partial charge in [-0.15, -0.1) is 0 Å². The van der Waals surface area contributed by atoms with Gasteiger partial charge in [0, 0.05) is 30.2 Å². The predicted molar refractivity (Wildman–Crippen MR) is 124 cm³/mol. The van der Waals surface area contributed by atoms with E-state index in [1.165, 1.54) is 0 Å². The molecule has 0 spiro atoms. The van der Waals surface area contributed by atoms with Crippen molar-refractivity contribution in [3.63, 3.8) is 0 Å². The Labute approximate surface area is 183 Å². The molecule has 0 atom stereocenters. The van der Waals surface area contributed by atoms with Crippen molar-refractivity contribution in [2.24, 2.45) is 5.92 Å². The number of ether oxygens (including phenoxy) is 2. The van der Waals surface area contributed by atoms with Gasteiger partial charge in [0.05, 0.1) is 25.4 Å². The van der Waals surface area contributed by atoms with Crippen molar-refractivity contribution in [2.45, 2.75) is 26.7 Å². The smallest absolute Gasteiger partial charge is 0.272 e. The lowest BCUT2D eigenvalue weighted by Gasteiger charge is -2.30. The quantitative estimate of drug-likeness (QED) is 0.618. The molecule has 1 fully saturated rings. The second-order valence-corrected chi connectivity index (χ2v) is 8.25. The fraction of sp³-hybridized carbons (Fsp3) is 0.360. The molecule has 31 heavy (non-hydrogen) atoms. The third-order valence-electron chi connectivity index (χ3n) is 5.90. The molecule has 6 nitrogen and oxygen atoms in total. The van der Waals surface area contributed by atoms with Crippen LogP contribution in [0.25, 0.3) is 10.9 Å². The Balaban J connectivity index is 1.80. The zero-order valence-electron chi connectivity index (χ0n) is 18.6. The number of carbonyl (C=O) groups excluding carboxylic acids is 1. The van der Waals surface area contributed by atoms with Gasteiger partial charge in [-0.25, -0.2) is 4.98 Å². The summed E-state index contributed by atoms with van der Waals surface area (Å²) in [6, 6.07) is 13.7. The lowest BCUT2D eigenvalue weighted by Crippen LogP contribution is -2.38. The first-order valence-electron chi connectivity index (χ1n) is 10.7. The molecule has 2 aromatic carbocycles. The van der Waals surface area contributed by atoms with Crippen molar-refractivity contribution >= 4 is 28.2 Å². The number of benzene rings is 2. The van der Waals surface area contributed by atoms with Gasteiger partial charge in [-0.3, -0.25) is 4.79 Å². The van der Waals surface area contributed by atoms with Crippen LogP contribution < -0.4 is 14.8 Å². The molecular formula is C25H29N3O3. The number of nitrogens with one attached hydrogen (secondary N) is 1. The molecule has 0 unspecified atom stereocenters. The van der Waals surface area contributed by atoms with Crippen molar-refractivity contribution in [2.75, 3.05) is 32.6 Å². The van der Waals surface area contributed by atoms with Crippen LogP contribution >= 0.6 is 0 Å². The summed E-state index contributed by atoms with van der Waals surface area (Å²) >= 11 is 0. The van der Waals surface area contributed by atoms with Crippen LogP contribution in [-0.2, 0) is 0 Å². The van der Waals surface area contributed by atoms with Gasteiger partial charge in [0.25, 0.3) is 5.91 Å². The molecule has 162 valence electrons. The highest BCUT2D eigenvalue weighted by Gasteiger charge is 2.24. The van der Waals surface area contributed by atoms with Crippen LogP contribution in [0.1, 0.15) is 35.8 Å². The normalized spacial score (nSPS) is 14.5. The fourth-order valence-corrected chi connectivity index (χ4v) is 4.02. The number of hydrogen-bond acceptors (Lipinski definition) is 5. The third kappa shape index (κ3) is 4.43. The van der Waals surface area contributed by atoms with Gasteiger partial charge >= 0.3 is 0 Å². The highest BCUT2D eigenvalue weighted by atomic mass is 16.5. The summed E-state index contributed by atoms with van der Waals surface area (Å²) in [5, 5.41) is 4.34. The first kappa shape index (κ1) is 21.0. The molecule has 0 saturated carbocycles. The molecule has 3 aromatic rings. The number of nitrogens with zero attached hydrogens (tertiary/aromatic N) is 2. The van der Waals surface area contributed by atoms with Crippen LogP contribution in [0.3, 0.4) is 0 Å². The van der Waals surface area contributed by atoms with Crippen molar-refractivity contribution in [3.05, 3.63) is 53.7 Å². The Morgan fingerprint density at radius 2 is 1.77 bits per heavy atom. The maximum absolute atomic E-state index is 13.3. The number of methoxy groups -OCH3 is 2. The van der Waals surface area contributed by atoms with Gasteiger partial charge in [-0.2, -0.15) is 0 Å². The van der Waals surface area contributed by atoms with Gasteiger partial charge in [-0.1, -0.05) is 19.1 Å². The average molecular weight is 420 g/mol. The van der Waals surface area contributed by atoms with Gasteiger partial charge in [0.1, 0.15) is 5.69 Å². The predicted octanol–water partition coefficient (Wildman–Crippen LogP) is 5.18. The van der Waals surface area contributed by atoms with Crippen molar-refractivity contribution in [3.8, 4) is 11.5 Å². The summed E-state index contributed by atoms with van der Waals surface area (Å²) in [6.07, 6.45) is 2.05. The fourth-order valence-electron chi connectivity index (χ4n) is 4.02. The van der Waals surface area contributed by atoms with Crippen LogP contribution in [0, 0.1) is 12.8 Å². The molecule has 1 aliphatic rings. The lowest BCUT2D eigenvalue weighted by molar-refractivity contribution is 0.0691. The summed E-state index contributed by atoms with van der Waals surface area (Å²) in [5.41, 5.74) is 4.03. The molecule has 1 amide bonds. The highest BCUT2D eigenvalue weighted by Crippen LogP contribution is 2.36. The van der Waals surface area contributed by atoms with Crippen LogP contribution in [0.4, 0.5) is 11.4 Å². The van der Waals surface area contributed by atoms with E-state index in [9.17, 15) is 4.79 Å². The summed E-state index contributed by atoms with van der Waals surface area (Å²) in [5.74, 6) is 1.83. The van der Waals surface area contributed by atoms with E-state index in [0.29, 0.717) is 28.6 Å². The van der Waals surface area contributed by atoms with Gasteiger partial charge in [-0.05, 0) is 55.5 Å². The Kier molecular flexibility index (Phi) is 5.98. The molecule has 6 heteroatoms. The molecule has 4 rings (SSSR count). The number of anilines is 2. The SMILES string of the molecule is COc1cc2nc(C(=O)N3CCC(C)CC3)cc(Nc3cccc(C)c3)c2cc1OC. The standard InChI is InChI=1S/C25H29N3O3/c1-16-8-10-28(11-9-16)25(29)22-14-20(26-18-7-5-6-17(2)12-18)19-13-23(30-3)24(31-4)15-21(19)27-22/h5-7,12-16H,8-11H2,1-4H3,(H,26,27).